The zero-order valence-electron chi connectivity index (χ0n) is 15.5. The Morgan fingerprint density at radius 1 is 1.23 bits per heavy atom. The summed E-state index contributed by atoms with van der Waals surface area (Å²) in [6.45, 7) is 7.24. The summed E-state index contributed by atoms with van der Waals surface area (Å²) in [6, 6.07) is 12.3. The lowest BCUT2D eigenvalue weighted by atomic mass is 9.86. The molecule has 0 saturated carbocycles. The van der Waals surface area contributed by atoms with Crippen LogP contribution in [0.5, 0.6) is 5.75 Å². The van der Waals surface area contributed by atoms with Crippen molar-refractivity contribution in [3.8, 4) is 11.4 Å². The molecule has 0 amide bonds. The van der Waals surface area contributed by atoms with E-state index < -0.39 is 0 Å². The monoisotopic (exact) mass is 388 g/mol. The minimum atomic E-state index is 0.0816. The highest BCUT2D eigenvalue weighted by atomic mass is 32.1. The van der Waals surface area contributed by atoms with Crippen molar-refractivity contribution < 1.29 is 4.74 Å². The van der Waals surface area contributed by atoms with E-state index in [2.05, 4.69) is 48.7 Å². The molecule has 0 unspecified atom stereocenters. The van der Waals surface area contributed by atoms with Gasteiger partial charge in [-0.25, -0.2) is 4.68 Å². The Kier molecular flexibility index (Phi) is 5.60. The lowest BCUT2D eigenvalue weighted by Crippen LogP contribution is -2.33. The molecule has 2 aromatic heterocycles. The van der Waals surface area contributed by atoms with Gasteiger partial charge in [0.05, 0.1) is 19.5 Å². The van der Waals surface area contributed by atoms with E-state index in [0.717, 1.165) is 11.4 Å². The van der Waals surface area contributed by atoms with Crippen molar-refractivity contribution in [1.82, 2.24) is 19.7 Å². The fourth-order valence-corrected chi connectivity index (χ4v) is 4.21. The number of rotatable bonds is 6. The van der Waals surface area contributed by atoms with Crippen molar-refractivity contribution in [2.24, 2.45) is 5.41 Å². The van der Waals surface area contributed by atoms with Gasteiger partial charge in [0, 0.05) is 10.9 Å². The zero-order chi connectivity index (χ0) is 18.7. The molecule has 0 bridgehead atoms. The third-order valence-corrected chi connectivity index (χ3v) is 5.56. The van der Waals surface area contributed by atoms with Gasteiger partial charge in [-0.3, -0.25) is 9.88 Å². The normalized spacial score (nSPS) is 12.9. The molecule has 138 valence electrons. The molecule has 3 aromatic rings. The summed E-state index contributed by atoms with van der Waals surface area (Å²) >= 11 is 7.40. The molecular weight excluding hydrogens is 364 g/mol. The Hall–Kier alpha value is -1.96. The van der Waals surface area contributed by atoms with Crippen LogP contribution in [0.3, 0.4) is 0 Å². The van der Waals surface area contributed by atoms with E-state index in [1.165, 1.54) is 4.88 Å². The van der Waals surface area contributed by atoms with Crippen LogP contribution < -0.4 is 10.1 Å². The molecule has 0 radical (unpaired) electrons. The standard InChI is InChI=1S/C19H24N4OS2/c1-19(2,3)17(16-10-7-11-26-16)20-12-23-18(25)22(13-21-23)14-8-5-6-9-15(14)24-4/h5-11,13,17,20H,12H2,1-4H3/t17-/m1/s1. The van der Waals surface area contributed by atoms with Crippen LogP contribution in [0.15, 0.2) is 48.1 Å². The second kappa shape index (κ2) is 7.73. The second-order valence-corrected chi connectivity index (χ2v) is 8.48. The molecule has 1 atom stereocenters. The summed E-state index contributed by atoms with van der Waals surface area (Å²) in [5.41, 5.74) is 0.968. The van der Waals surface area contributed by atoms with Crippen LogP contribution in [0, 0.1) is 10.2 Å². The molecule has 0 spiro atoms. The average molecular weight is 389 g/mol. The van der Waals surface area contributed by atoms with Gasteiger partial charge in [-0.1, -0.05) is 39.0 Å². The molecule has 0 aliphatic carbocycles. The quantitative estimate of drug-likeness (QED) is 0.616. The molecule has 26 heavy (non-hydrogen) atoms. The number of benzene rings is 1. The SMILES string of the molecule is COc1ccccc1-n1cnn(CN[C@H](c2cccs2)C(C)(C)C)c1=S. The van der Waals surface area contributed by atoms with Crippen molar-refractivity contribution in [3.05, 3.63) is 57.8 Å². The first kappa shape index (κ1) is 18.8. The maximum absolute atomic E-state index is 5.63. The van der Waals surface area contributed by atoms with Gasteiger partial charge in [-0.15, -0.1) is 11.3 Å². The predicted molar refractivity (Wildman–Crippen MR) is 109 cm³/mol. The van der Waals surface area contributed by atoms with E-state index in [4.69, 9.17) is 17.0 Å². The van der Waals surface area contributed by atoms with Crippen molar-refractivity contribution >= 4 is 23.6 Å². The Labute approximate surface area is 163 Å². The smallest absolute Gasteiger partial charge is 0.203 e. The highest BCUT2D eigenvalue weighted by molar-refractivity contribution is 7.71. The number of hydrogen-bond donors (Lipinski definition) is 1. The number of thiophene rings is 1. The van der Waals surface area contributed by atoms with Gasteiger partial charge in [-0.05, 0) is 41.2 Å². The third kappa shape index (κ3) is 3.90. The number of methoxy groups -OCH3 is 1. The maximum Gasteiger partial charge on any atom is 0.203 e. The van der Waals surface area contributed by atoms with E-state index >= 15 is 0 Å². The summed E-state index contributed by atoms with van der Waals surface area (Å²) in [7, 11) is 1.66. The molecule has 1 aromatic carbocycles. The van der Waals surface area contributed by atoms with Gasteiger partial charge in [0.25, 0.3) is 0 Å². The van der Waals surface area contributed by atoms with E-state index in [1.807, 2.05) is 28.8 Å². The molecule has 0 aliphatic heterocycles. The van der Waals surface area contributed by atoms with Crippen LogP contribution in [0.1, 0.15) is 31.7 Å². The van der Waals surface area contributed by atoms with Crippen LogP contribution in [0.25, 0.3) is 5.69 Å². The van der Waals surface area contributed by atoms with E-state index in [-0.39, 0.29) is 11.5 Å². The zero-order valence-corrected chi connectivity index (χ0v) is 17.1. The lowest BCUT2D eigenvalue weighted by molar-refractivity contribution is 0.255. The molecular formula is C19H24N4OS2. The Bertz CT molecular complexity index is 906. The minimum Gasteiger partial charge on any atom is -0.495 e. The van der Waals surface area contributed by atoms with E-state index in [0.29, 0.717) is 11.4 Å². The highest BCUT2D eigenvalue weighted by Crippen LogP contribution is 2.35. The Balaban J connectivity index is 1.84. The van der Waals surface area contributed by atoms with Crippen molar-refractivity contribution in [2.75, 3.05) is 7.11 Å². The van der Waals surface area contributed by atoms with Gasteiger partial charge >= 0.3 is 0 Å². The Morgan fingerprint density at radius 3 is 2.65 bits per heavy atom. The number of aromatic nitrogens is 3. The van der Waals surface area contributed by atoms with Crippen LogP contribution in [-0.4, -0.2) is 21.5 Å². The molecule has 0 fully saturated rings. The minimum absolute atomic E-state index is 0.0816. The summed E-state index contributed by atoms with van der Waals surface area (Å²) in [5, 5.41) is 10.2. The third-order valence-electron chi connectivity index (χ3n) is 4.22. The average Bonchev–Trinajstić information content (AvgIpc) is 3.25. The van der Waals surface area contributed by atoms with Crippen molar-refractivity contribution in [1.29, 1.82) is 0 Å². The first-order valence-electron chi connectivity index (χ1n) is 8.46. The molecule has 1 N–H and O–H groups in total. The number of hydrogen-bond acceptors (Lipinski definition) is 5. The molecule has 2 heterocycles. The second-order valence-electron chi connectivity index (χ2n) is 7.13. The molecule has 3 rings (SSSR count). The van der Waals surface area contributed by atoms with E-state index in [1.54, 1.807) is 29.5 Å². The predicted octanol–water partition coefficient (Wildman–Crippen LogP) is 4.81. The van der Waals surface area contributed by atoms with Crippen molar-refractivity contribution in [2.45, 2.75) is 33.5 Å². The molecule has 5 nitrogen and oxygen atoms in total. The maximum atomic E-state index is 5.63. The summed E-state index contributed by atoms with van der Waals surface area (Å²) in [6.07, 6.45) is 1.74. The van der Waals surface area contributed by atoms with E-state index in [9.17, 15) is 0 Å². The highest BCUT2D eigenvalue weighted by Gasteiger charge is 2.26. The number of nitrogens with zero attached hydrogens (tertiary/aromatic N) is 3. The summed E-state index contributed by atoms with van der Waals surface area (Å²) < 4.78 is 9.73. The Morgan fingerprint density at radius 2 is 2.00 bits per heavy atom. The van der Waals surface area contributed by atoms with Crippen LogP contribution in [-0.2, 0) is 6.67 Å². The fourth-order valence-electron chi connectivity index (χ4n) is 2.91. The van der Waals surface area contributed by atoms with Gasteiger partial charge in [-0.2, -0.15) is 5.10 Å². The number of nitrogens with one attached hydrogen (secondary N) is 1. The van der Waals surface area contributed by atoms with Crippen LogP contribution in [0.2, 0.25) is 0 Å². The van der Waals surface area contributed by atoms with Gasteiger partial charge in [0.1, 0.15) is 12.1 Å². The molecule has 7 heteroatoms. The first-order chi connectivity index (χ1) is 12.4. The summed E-state index contributed by atoms with van der Waals surface area (Å²) in [5.74, 6) is 0.766. The molecule has 0 aliphatic rings. The fraction of sp³-hybridized carbons (Fsp3) is 0.368. The molecule has 0 saturated heterocycles. The van der Waals surface area contributed by atoms with Crippen LogP contribution in [0.4, 0.5) is 0 Å². The van der Waals surface area contributed by atoms with Gasteiger partial charge in [0.15, 0.2) is 0 Å². The number of ether oxygens (including phenoxy) is 1. The van der Waals surface area contributed by atoms with Crippen molar-refractivity contribution in [3.63, 3.8) is 0 Å². The van der Waals surface area contributed by atoms with Gasteiger partial charge < -0.3 is 4.74 Å². The topological polar surface area (TPSA) is 44.0 Å². The summed E-state index contributed by atoms with van der Waals surface area (Å²) in [4.78, 5) is 1.31. The van der Waals surface area contributed by atoms with Gasteiger partial charge in [0.2, 0.25) is 4.77 Å². The number of para-hydroxylation sites is 2. The van der Waals surface area contributed by atoms with Crippen LogP contribution >= 0.6 is 23.6 Å². The largest absolute Gasteiger partial charge is 0.495 e. The lowest BCUT2D eigenvalue weighted by Gasteiger charge is -2.30. The first-order valence-corrected chi connectivity index (χ1v) is 9.75.